The number of aromatic nitrogens is 1. The number of carbonyl (C=O) groups is 1. The summed E-state index contributed by atoms with van der Waals surface area (Å²) in [4.78, 5) is 26.4. The molecule has 3 rings (SSSR count). The second-order valence-corrected chi connectivity index (χ2v) is 12.8. The molecular weight excluding hydrogens is 528 g/mol. The van der Waals surface area contributed by atoms with Crippen LogP contribution in [0, 0.1) is 0 Å². The first-order valence-corrected chi connectivity index (χ1v) is 14.7. The highest BCUT2D eigenvalue weighted by atomic mass is 32.2. The van der Waals surface area contributed by atoms with Gasteiger partial charge >= 0.3 is 0 Å². The summed E-state index contributed by atoms with van der Waals surface area (Å²) in [5.74, 6) is -0.0662. The number of nitrogens with zero attached hydrogens (tertiary/aromatic N) is 1. The third-order valence-electron chi connectivity index (χ3n) is 6.29. The Bertz CT molecular complexity index is 1420. The zero-order chi connectivity index (χ0) is 27.9. The van der Waals surface area contributed by atoms with Crippen molar-refractivity contribution in [2.24, 2.45) is 0 Å². The predicted molar refractivity (Wildman–Crippen MR) is 148 cm³/mol. The van der Waals surface area contributed by atoms with Crippen LogP contribution in [-0.2, 0) is 14.6 Å². The highest BCUT2D eigenvalue weighted by molar-refractivity contribution is 7.99. The van der Waals surface area contributed by atoms with E-state index in [4.69, 9.17) is 4.74 Å². The number of rotatable bonds is 12. The first-order valence-electron chi connectivity index (χ1n) is 11.8. The number of methoxy groups -OCH3 is 1. The molecule has 0 bridgehead atoms. The molecule has 0 fully saturated rings. The monoisotopic (exact) mass is 560 g/mol. The van der Waals surface area contributed by atoms with Gasteiger partial charge in [-0.25, -0.2) is 8.42 Å². The third kappa shape index (κ3) is 7.25. The Hall–Kier alpha value is -3.12. The van der Waals surface area contributed by atoms with Gasteiger partial charge in [0.1, 0.15) is 12.0 Å². The Morgan fingerprint density at radius 1 is 1.13 bits per heavy atom. The number of hydrogen-bond acceptors (Lipinski definition) is 8. The molecule has 38 heavy (non-hydrogen) atoms. The molecule has 204 valence electrons. The largest absolute Gasteiger partial charge is 0.507 e. The van der Waals surface area contributed by atoms with E-state index in [0.717, 1.165) is 27.0 Å². The van der Waals surface area contributed by atoms with E-state index >= 15 is 0 Å². The molecule has 0 aliphatic carbocycles. The Morgan fingerprint density at radius 3 is 2.42 bits per heavy atom. The van der Waals surface area contributed by atoms with Crippen molar-refractivity contribution < 1.29 is 28.2 Å². The first kappa shape index (κ1) is 29.4. The lowest BCUT2D eigenvalue weighted by Gasteiger charge is -2.30. The number of pyridine rings is 1. The lowest BCUT2D eigenvalue weighted by Crippen LogP contribution is -2.48. The molecule has 1 aromatic heterocycles. The number of aliphatic hydroxyl groups excluding tert-OH is 1. The van der Waals surface area contributed by atoms with Gasteiger partial charge in [0.25, 0.3) is 11.5 Å². The van der Waals surface area contributed by atoms with Crippen molar-refractivity contribution in [2.45, 2.75) is 29.2 Å². The number of hydrogen-bond donors (Lipinski definition) is 3. The van der Waals surface area contributed by atoms with Crippen molar-refractivity contribution in [3.63, 3.8) is 0 Å². The average Bonchev–Trinajstić information content (AvgIpc) is 2.87. The summed E-state index contributed by atoms with van der Waals surface area (Å²) < 4.78 is 29.8. The van der Waals surface area contributed by atoms with Crippen molar-refractivity contribution >= 4 is 27.5 Å². The van der Waals surface area contributed by atoms with Crippen molar-refractivity contribution in [1.82, 2.24) is 9.88 Å². The fourth-order valence-corrected chi connectivity index (χ4v) is 5.37. The number of benzene rings is 2. The van der Waals surface area contributed by atoms with Crippen LogP contribution in [0.1, 0.15) is 29.9 Å². The number of nitrogens with one attached hydrogen (secondary N) is 1. The highest BCUT2D eigenvalue weighted by Gasteiger charge is 2.39. The van der Waals surface area contributed by atoms with Gasteiger partial charge in [0, 0.05) is 49.2 Å². The van der Waals surface area contributed by atoms with E-state index < -0.39 is 32.3 Å². The zero-order valence-electron chi connectivity index (χ0n) is 21.5. The predicted octanol–water partition coefficient (Wildman–Crippen LogP) is 3.07. The number of amides is 1. The maximum atomic E-state index is 12.9. The fourth-order valence-electron chi connectivity index (χ4n) is 3.77. The minimum absolute atomic E-state index is 0.00249. The molecule has 2 atom stereocenters. The van der Waals surface area contributed by atoms with Gasteiger partial charge in [-0.05, 0) is 48.4 Å². The van der Waals surface area contributed by atoms with Crippen LogP contribution in [0.4, 0.5) is 0 Å². The molecule has 1 amide bonds. The Morgan fingerprint density at radius 2 is 1.82 bits per heavy atom. The quantitative estimate of drug-likeness (QED) is 0.227. The van der Waals surface area contributed by atoms with Crippen LogP contribution in [-0.4, -0.2) is 66.1 Å². The number of aliphatic hydroxyl groups is 1. The Balaban J connectivity index is 1.74. The van der Waals surface area contributed by atoms with Crippen LogP contribution in [0.5, 0.6) is 5.75 Å². The number of sulfone groups is 1. The molecular formula is C27H32N2O7S2. The van der Waals surface area contributed by atoms with Crippen molar-refractivity contribution in [1.29, 1.82) is 0 Å². The molecule has 0 spiro atoms. The summed E-state index contributed by atoms with van der Waals surface area (Å²) in [5.41, 5.74) is 0.986. The van der Waals surface area contributed by atoms with Gasteiger partial charge in [-0.1, -0.05) is 24.3 Å². The minimum atomic E-state index is -3.79. The van der Waals surface area contributed by atoms with Crippen LogP contribution in [0.15, 0.2) is 76.6 Å². The number of carbonyl (C=O) groups excluding carboxylic acids is 1. The number of para-hydroxylation sites is 1. The molecule has 0 saturated heterocycles. The van der Waals surface area contributed by atoms with Crippen molar-refractivity contribution in [2.75, 3.05) is 32.3 Å². The van der Waals surface area contributed by atoms with E-state index in [9.17, 15) is 28.2 Å². The van der Waals surface area contributed by atoms with Crippen LogP contribution in [0.2, 0.25) is 0 Å². The number of thioether (sulfide) groups is 1. The zero-order valence-corrected chi connectivity index (χ0v) is 23.1. The van der Waals surface area contributed by atoms with Crippen LogP contribution in [0.25, 0.3) is 11.1 Å². The molecule has 11 heteroatoms. The van der Waals surface area contributed by atoms with Gasteiger partial charge in [-0.2, -0.15) is 0 Å². The molecule has 3 aromatic rings. The maximum absolute atomic E-state index is 12.9. The van der Waals surface area contributed by atoms with Crippen LogP contribution < -0.4 is 10.9 Å². The summed E-state index contributed by atoms with van der Waals surface area (Å²) in [5, 5.41) is 23.3. The summed E-state index contributed by atoms with van der Waals surface area (Å²) >= 11 is 1.66. The third-order valence-corrected chi connectivity index (χ3v) is 9.37. The molecule has 3 N–H and O–H groups in total. The van der Waals surface area contributed by atoms with Gasteiger partial charge in [0.2, 0.25) is 0 Å². The van der Waals surface area contributed by atoms with Gasteiger partial charge in [0.15, 0.2) is 9.84 Å². The summed E-state index contributed by atoms with van der Waals surface area (Å²) in [7, 11) is -2.14. The number of aromatic hydroxyl groups is 1. The smallest absolute Gasteiger partial charge is 0.255 e. The van der Waals surface area contributed by atoms with Crippen molar-refractivity contribution in [3.05, 3.63) is 82.8 Å². The second kappa shape index (κ2) is 12.6. The highest BCUT2D eigenvalue weighted by Crippen LogP contribution is 2.28. The Kier molecular flexibility index (Phi) is 9.77. The van der Waals surface area contributed by atoms with E-state index in [1.807, 2.05) is 24.3 Å². The van der Waals surface area contributed by atoms with Gasteiger partial charge in [0.05, 0.1) is 16.9 Å². The van der Waals surface area contributed by atoms with E-state index in [-0.39, 0.29) is 24.3 Å². The standard InChI is InChI=1S/C27H32N2O7S2/c1-27(38(3,34)35,18-28-26(33)22-6-4-5-7-23(22)30)17-25(32)29-13-12-20(16-24(29)31)19-8-10-21(11-9-19)37-15-14-36-2/h4-13,16,25,30,32H,14-15,17-18H2,1-3H3,(H,28,33). The van der Waals surface area contributed by atoms with Gasteiger partial charge < -0.3 is 20.3 Å². The molecule has 2 aromatic carbocycles. The van der Waals surface area contributed by atoms with E-state index in [2.05, 4.69) is 5.32 Å². The molecule has 0 aliphatic heterocycles. The van der Waals surface area contributed by atoms with E-state index in [1.54, 1.807) is 37.1 Å². The van der Waals surface area contributed by atoms with Gasteiger partial charge in [-0.15, -0.1) is 11.8 Å². The van der Waals surface area contributed by atoms with E-state index in [0.29, 0.717) is 12.2 Å². The topological polar surface area (TPSA) is 135 Å². The summed E-state index contributed by atoms with van der Waals surface area (Å²) in [6.07, 6.45) is 0.624. The number of phenols is 1. The SMILES string of the molecule is COCCSc1ccc(-c2ccn(C(O)CC(C)(CNC(=O)c3ccccc3O)S(C)(=O)=O)c(=O)c2)cc1. The molecule has 0 aliphatic rings. The number of ether oxygens (including phenoxy) is 1. The molecule has 0 radical (unpaired) electrons. The van der Waals surface area contributed by atoms with Crippen molar-refractivity contribution in [3.8, 4) is 16.9 Å². The van der Waals surface area contributed by atoms with Crippen LogP contribution >= 0.6 is 11.8 Å². The normalized spacial score (nSPS) is 14.0. The lowest BCUT2D eigenvalue weighted by atomic mass is 10.0. The Labute approximate surface area is 226 Å². The molecule has 9 nitrogen and oxygen atoms in total. The molecule has 2 unspecified atom stereocenters. The fraction of sp³-hybridized carbons (Fsp3) is 0.333. The van der Waals surface area contributed by atoms with Crippen LogP contribution in [0.3, 0.4) is 0 Å². The van der Waals surface area contributed by atoms with Gasteiger partial charge in [-0.3, -0.25) is 14.2 Å². The minimum Gasteiger partial charge on any atom is -0.507 e. The molecule has 0 saturated carbocycles. The maximum Gasteiger partial charge on any atom is 0.255 e. The molecule has 1 heterocycles. The summed E-state index contributed by atoms with van der Waals surface area (Å²) in [6, 6.07) is 16.7. The lowest BCUT2D eigenvalue weighted by molar-refractivity contribution is 0.0767. The second-order valence-electron chi connectivity index (χ2n) is 9.13. The average molecular weight is 561 g/mol. The number of phenolic OH excluding ortho intramolecular Hbond substituents is 1. The summed E-state index contributed by atoms with van der Waals surface area (Å²) in [6.45, 7) is 1.70. The first-order chi connectivity index (χ1) is 17.9. The van der Waals surface area contributed by atoms with E-state index in [1.165, 1.54) is 31.3 Å².